The molecule has 0 aromatic carbocycles. The largest absolute Gasteiger partial charge is 0.351 e. The van der Waals surface area contributed by atoms with Crippen molar-refractivity contribution in [3.8, 4) is 0 Å². The summed E-state index contributed by atoms with van der Waals surface area (Å²) in [6.07, 6.45) is 1.63. The number of hydrogen-bond donors (Lipinski definition) is 1. The molecule has 0 aliphatic heterocycles. The van der Waals surface area contributed by atoms with Crippen LogP contribution < -0.4 is 5.32 Å². The lowest BCUT2D eigenvalue weighted by Crippen LogP contribution is -2.33. The monoisotopic (exact) mass is 252 g/mol. The SMILES string of the molecule is CC(C)=CC(=O)NCC(c1cccs1)N(C)C. The standard InChI is InChI=1S/C13H20N2OS/c1-10(2)8-13(16)14-9-11(15(3)4)12-6-5-7-17-12/h5-8,11H,9H2,1-4H3,(H,14,16). The van der Waals surface area contributed by atoms with Crippen LogP contribution in [-0.4, -0.2) is 31.4 Å². The molecule has 1 amide bonds. The molecule has 1 heterocycles. The predicted octanol–water partition coefficient (Wildman–Crippen LogP) is 2.43. The number of allylic oxidation sites excluding steroid dienone is 1. The van der Waals surface area contributed by atoms with Crippen LogP contribution in [0, 0.1) is 0 Å². The predicted molar refractivity (Wildman–Crippen MR) is 73.2 cm³/mol. The van der Waals surface area contributed by atoms with Gasteiger partial charge in [-0.2, -0.15) is 0 Å². The van der Waals surface area contributed by atoms with Crippen molar-refractivity contribution in [2.45, 2.75) is 19.9 Å². The van der Waals surface area contributed by atoms with Crippen LogP contribution in [0.15, 0.2) is 29.2 Å². The van der Waals surface area contributed by atoms with Gasteiger partial charge in [0.15, 0.2) is 0 Å². The Labute approximate surface area is 107 Å². The highest BCUT2D eigenvalue weighted by atomic mass is 32.1. The Kier molecular flexibility index (Phi) is 5.38. The van der Waals surface area contributed by atoms with Crippen molar-refractivity contribution >= 4 is 17.2 Å². The molecule has 17 heavy (non-hydrogen) atoms. The van der Waals surface area contributed by atoms with Gasteiger partial charge in [-0.25, -0.2) is 0 Å². The molecule has 0 bridgehead atoms. The lowest BCUT2D eigenvalue weighted by molar-refractivity contribution is -0.116. The van der Waals surface area contributed by atoms with Gasteiger partial charge in [0, 0.05) is 17.5 Å². The van der Waals surface area contributed by atoms with Crippen LogP contribution >= 0.6 is 11.3 Å². The summed E-state index contributed by atoms with van der Waals surface area (Å²) < 4.78 is 0. The van der Waals surface area contributed by atoms with Gasteiger partial charge in [-0.05, 0) is 39.4 Å². The maximum Gasteiger partial charge on any atom is 0.243 e. The Bertz CT molecular complexity index is 378. The lowest BCUT2D eigenvalue weighted by atomic mass is 10.2. The Morgan fingerprint density at radius 2 is 2.24 bits per heavy atom. The van der Waals surface area contributed by atoms with E-state index in [0.29, 0.717) is 6.54 Å². The number of carbonyl (C=O) groups excluding carboxylic acids is 1. The van der Waals surface area contributed by atoms with Gasteiger partial charge in [-0.3, -0.25) is 4.79 Å². The number of likely N-dealkylation sites (N-methyl/N-ethyl adjacent to an activating group) is 1. The molecule has 0 fully saturated rings. The zero-order valence-electron chi connectivity index (χ0n) is 10.9. The highest BCUT2D eigenvalue weighted by Gasteiger charge is 2.15. The second-order valence-corrected chi connectivity index (χ2v) is 5.44. The first-order valence-electron chi connectivity index (χ1n) is 5.63. The smallest absolute Gasteiger partial charge is 0.243 e. The number of nitrogens with one attached hydrogen (secondary N) is 1. The minimum Gasteiger partial charge on any atom is -0.351 e. The fraction of sp³-hybridized carbons (Fsp3) is 0.462. The van der Waals surface area contributed by atoms with E-state index in [-0.39, 0.29) is 11.9 Å². The number of thiophene rings is 1. The van der Waals surface area contributed by atoms with E-state index in [1.807, 2.05) is 34.0 Å². The minimum absolute atomic E-state index is 0.0200. The van der Waals surface area contributed by atoms with Crippen molar-refractivity contribution in [2.75, 3.05) is 20.6 Å². The molecule has 0 saturated carbocycles. The average Bonchev–Trinajstić information content (AvgIpc) is 2.69. The maximum absolute atomic E-state index is 11.5. The number of rotatable bonds is 5. The van der Waals surface area contributed by atoms with E-state index in [9.17, 15) is 4.79 Å². The van der Waals surface area contributed by atoms with E-state index in [0.717, 1.165) is 5.57 Å². The number of carbonyl (C=O) groups is 1. The zero-order valence-corrected chi connectivity index (χ0v) is 11.7. The summed E-state index contributed by atoms with van der Waals surface area (Å²) >= 11 is 1.72. The van der Waals surface area contributed by atoms with E-state index < -0.39 is 0 Å². The van der Waals surface area contributed by atoms with E-state index >= 15 is 0 Å². The van der Waals surface area contributed by atoms with Crippen LogP contribution in [0.1, 0.15) is 24.8 Å². The van der Waals surface area contributed by atoms with E-state index in [1.54, 1.807) is 17.4 Å². The molecule has 1 N–H and O–H groups in total. The fourth-order valence-corrected chi connectivity index (χ4v) is 2.45. The first kappa shape index (κ1) is 13.9. The Hall–Kier alpha value is -1.13. The molecule has 1 unspecified atom stereocenters. The molecule has 1 aromatic rings. The molecular weight excluding hydrogens is 232 g/mol. The minimum atomic E-state index is -0.0200. The third kappa shape index (κ3) is 4.71. The summed E-state index contributed by atoms with van der Waals surface area (Å²) in [5, 5.41) is 4.99. The van der Waals surface area contributed by atoms with Gasteiger partial charge in [0.2, 0.25) is 5.91 Å². The molecule has 0 aliphatic carbocycles. The van der Waals surface area contributed by atoms with E-state index in [4.69, 9.17) is 0 Å². The van der Waals surface area contributed by atoms with Crippen LogP contribution in [0.25, 0.3) is 0 Å². The molecule has 0 spiro atoms. The van der Waals surface area contributed by atoms with Crippen molar-refractivity contribution in [1.29, 1.82) is 0 Å². The summed E-state index contributed by atoms with van der Waals surface area (Å²) in [4.78, 5) is 14.9. The molecule has 0 radical (unpaired) electrons. The molecule has 0 saturated heterocycles. The van der Waals surface area contributed by atoms with Gasteiger partial charge in [-0.15, -0.1) is 11.3 Å². The number of amides is 1. The van der Waals surface area contributed by atoms with E-state index in [1.165, 1.54) is 4.88 Å². The summed E-state index contributed by atoms with van der Waals surface area (Å²) in [6.45, 7) is 4.47. The van der Waals surface area contributed by atoms with E-state index in [2.05, 4.69) is 21.7 Å². The summed E-state index contributed by atoms with van der Waals surface area (Å²) in [5.74, 6) is -0.0200. The molecule has 1 atom stereocenters. The first-order chi connectivity index (χ1) is 8.00. The van der Waals surface area contributed by atoms with Crippen LogP contribution in [0.2, 0.25) is 0 Å². The molecule has 1 rings (SSSR count). The topological polar surface area (TPSA) is 32.3 Å². The van der Waals surface area contributed by atoms with Crippen LogP contribution in [0.3, 0.4) is 0 Å². The lowest BCUT2D eigenvalue weighted by Gasteiger charge is -2.23. The summed E-state index contributed by atoms with van der Waals surface area (Å²) in [5.41, 5.74) is 1.01. The second-order valence-electron chi connectivity index (χ2n) is 4.46. The molecule has 1 aromatic heterocycles. The van der Waals surface area contributed by atoms with Crippen molar-refractivity contribution in [2.24, 2.45) is 0 Å². The quantitative estimate of drug-likeness (QED) is 0.816. The van der Waals surface area contributed by atoms with Gasteiger partial charge in [0.1, 0.15) is 0 Å². The zero-order chi connectivity index (χ0) is 12.8. The number of hydrogen-bond acceptors (Lipinski definition) is 3. The second kappa shape index (κ2) is 6.57. The highest BCUT2D eigenvalue weighted by molar-refractivity contribution is 7.10. The third-order valence-corrected chi connectivity index (χ3v) is 3.36. The molecule has 3 nitrogen and oxygen atoms in total. The number of nitrogens with zero attached hydrogens (tertiary/aromatic N) is 1. The molecule has 4 heteroatoms. The third-order valence-electron chi connectivity index (χ3n) is 2.38. The van der Waals surface area contributed by atoms with Gasteiger partial charge in [-0.1, -0.05) is 11.6 Å². The van der Waals surface area contributed by atoms with Crippen LogP contribution in [-0.2, 0) is 4.79 Å². The molecule has 0 aliphatic rings. The van der Waals surface area contributed by atoms with Crippen molar-refractivity contribution in [3.05, 3.63) is 34.0 Å². The Morgan fingerprint density at radius 1 is 1.53 bits per heavy atom. The summed E-state index contributed by atoms with van der Waals surface area (Å²) in [6, 6.07) is 4.38. The molecular formula is C13H20N2OS. The first-order valence-corrected chi connectivity index (χ1v) is 6.51. The maximum atomic E-state index is 11.5. The van der Waals surface area contributed by atoms with Crippen molar-refractivity contribution < 1.29 is 4.79 Å². The summed E-state index contributed by atoms with van der Waals surface area (Å²) in [7, 11) is 4.05. The van der Waals surface area contributed by atoms with Crippen LogP contribution in [0.4, 0.5) is 0 Å². The van der Waals surface area contributed by atoms with Gasteiger partial charge < -0.3 is 10.2 Å². The van der Waals surface area contributed by atoms with Crippen molar-refractivity contribution in [3.63, 3.8) is 0 Å². The van der Waals surface area contributed by atoms with Gasteiger partial charge >= 0.3 is 0 Å². The Balaban J connectivity index is 2.58. The van der Waals surface area contributed by atoms with Crippen molar-refractivity contribution in [1.82, 2.24) is 10.2 Å². The van der Waals surface area contributed by atoms with Gasteiger partial charge in [0.25, 0.3) is 0 Å². The normalized spacial score (nSPS) is 12.3. The fourth-order valence-electron chi connectivity index (χ4n) is 1.53. The van der Waals surface area contributed by atoms with Crippen LogP contribution in [0.5, 0.6) is 0 Å². The van der Waals surface area contributed by atoms with Gasteiger partial charge in [0.05, 0.1) is 6.04 Å². The Morgan fingerprint density at radius 3 is 2.71 bits per heavy atom. The average molecular weight is 252 g/mol. The highest BCUT2D eigenvalue weighted by Crippen LogP contribution is 2.22. The molecule has 94 valence electrons.